The first-order valence-corrected chi connectivity index (χ1v) is 9.31. The van der Waals surface area contributed by atoms with Crippen LogP contribution in [0.15, 0.2) is 44.1 Å². The Balaban J connectivity index is 1.47. The topological polar surface area (TPSA) is 79.0 Å². The van der Waals surface area contributed by atoms with Gasteiger partial charge in [-0.15, -0.1) is 4.40 Å². The van der Waals surface area contributed by atoms with Crippen molar-refractivity contribution in [1.29, 1.82) is 0 Å². The second-order valence-electron chi connectivity index (χ2n) is 6.08. The molecule has 0 spiro atoms. The van der Waals surface area contributed by atoms with E-state index in [1.165, 1.54) is 0 Å². The molecule has 2 aliphatic rings. The molecule has 0 aliphatic carbocycles. The Bertz CT molecular complexity index is 896. The molecule has 1 aromatic carbocycles. The summed E-state index contributed by atoms with van der Waals surface area (Å²) in [5.41, 5.74) is 1.59. The molecule has 1 aromatic heterocycles. The van der Waals surface area contributed by atoms with Crippen LogP contribution in [-0.2, 0) is 16.6 Å². The lowest BCUT2D eigenvalue weighted by atomic mass is 10.1. The molecule has 1 fully saturated rings. The summed E-state index contributed by atoms with van der Waals surface area (Å²) in [7, 11) is -3.55. The minimum Gasteiger partial charge on any atom is -0.360 e. The lowest BCUT2D eigenvalue weighted by Gasteiger charge is -2.35. The number of hydrogen-bond donors (Lipinski definition) is 0. The second-order valence-corrected chi connectivity index (χ2v) is 7.66. The largest absolute Gasteiger partial charge is 0.360 e. The molecule has 0 atom stereocenters. The third-order valence-corrected chi connectivity index (χ3v) is 5.67. The van der Waals surface area contributed by atoms with Crippen LogP contribution in [-0.4, -0.2) is 55.4 Å². The predicted molar refractivity (Wildman–Crippen MR) is 88.3 cm³/mol. The van der Waals surface area contributed by atoms with Crippen molar-refractivity contribution in [3.05, 3.63) is 47.3 Å². The maximum absolute atomic E-state index is 12.2. The fourth-order valence-electron chi connectivity index (χ4n) is 3.15. The highest BCUT2D eigenvalue weighted by Gasteiger charge is 2.32. The number of sulfonamides is 1. The smallest absolute Gasteiger partial charge is 0.285 e. The average Bonchev–Trinajstić information content (AvgIpc) is 3.10. The van der Waals surface area contributed by atoms with E-state index in [1.54, 1.807) is 12.1 Å². The van der Waals surface area contributed by atoms with E-state index in [-0.39, 0.29) is 0 Å². The fraction of sp³-hybridized carbons (Fsp3) is 0.375. The molecular weight excluding hydrogens is 328 g/mol. The zero-order valence-electron chi connectivity index (χ0n) is 13.3. The van der Waals surface area contributed by atoms with Gasteiger partial charge in [-0.25, -0.2) is 0 Å². The van der Waals surface area contributed by atoms with Crippen LogP contribution in [0.4, 0.5) is 0 Å². The summed E-state index contributed by atoms with van der Waals surface area (Å²) in [6.45, 7) is 5.73. The van der Waals surface area contributed by atoms with Gasteiger partial charge >= 0.3 is 0 Å². The van der Waals surface area contributed by atoms with E-state index in [4.69, 9.17) is 4.52 Å². The van der Waals surface area contributed by atoms with Gasteiger partial charge in [-0.1, -0.05) is 17.3 Å². The summed E-state index contributed by atoms with van der Waals surface area (Å²) in [6, 6.07) is 8.95. The monoisotopic (exact) mass is 346 g/mol. The molecular formula is C16H18N4O3S. The van der Waals surface area contributed by atoms with Gasteiger partial charge in [0.05, 0.1) is 12.2 Å². The number of rotatable bonds is 2. The van der Waals surface area contributed by atoms with Crippen molar-refractivity contribution in [2.24, 2.45) is 4.40 Å². The van der Waals surface area contributed by atoms with Crippen LogP contribution in [0, 0.1) is 6.92 Å². The van der Waals surface area contributed by atoms with E-state index in [1.807, 2.05) is 30.0 Å². The molecule has 24 heavy (non-hydrogen) atoms. The van der Waals surface area contributed by atoms with Gasteiger partial charge in [-0.05, 0) is 19.1 Å². The zero-order chi connectivity index (χ0) is 16.7. The van der Waals surface area contributed by atoms with Crippen molar-refractivity contribution in [3.63, 3.8) is 0 Å². The number of nitrogens with zero attached hydrogens (tertiary/aromatic N) is 4. The van der Waals surface area contributed by atoms with Gasteiger partial charge in [0.25, 0.3) is 10.0 Å². The zero-order valence-corrected chi connectivity index (χ0v) is 14.2. The molecule has 0 radical (unpaired) electrons. The SMILES string of the molecule is Cc1cc(CN2CCN(C3=NS(=O)(=O)c4ccccc43)CC2)on1. The number of piperazine rings is 1. The van der Waals surface area contributed by atoms with Crippen molar-refractivity contribution >= 4 is 15.9 Å². The Labute approximate surface area is 140 Å². The highest BCUT2D eigenvalue weighted by atomic mass is 32.2. The number of aromatic nitrogens is 1. The van der Waals surface area contributed by atoms with Crippen molar-refractivity contribution in [1.82, 2.24) is 15.0 Å². The van der Waals surface area contributed by atoms with E-state index >= 15 is 0 Å². The highest BCUT2D eigenvalue weighted by molar-refractivity contribution is 7.90. The quantitative estimate of drug-likeness (QED) is 0.814. The van der Waals surface area contributed by atoms with Crippen LogP contribution in [0.3, 0.4) is 0 Å². The predicted octanol–water partition coefficient (Wildman–Crippen LogP) is 1.25. The third kappa shape index (κ3) is 2.71. The van der Waals surface area contributed by atoms with Gasteiger partial charge in [-0.2, -0.15) is 8.42 Å². The number of benzene rings is 1. The molecule has 4 rings (SSSR count). The Kier molecular flexibility index (Phi) is 3.65. The van der Waals surface area contributed by atoms with Gasteiger partial charge < -0.3 is 9.42 Å². The first-order chi connectivity index (χ1) is 11.5. The fourth-order valence-corrected chi connectivity index (χ4v) is 4.37. The first-order valence-electron chi connectivity index (χ1n) is 7.87. The maximum atomic E-state index is 12.2. The Morgan fingerprint density at radius 2 is 1.92 bits per heavy atom. The molecule has 7 nitrogen and oxygen atoms in total. The standard InChI is InChI=1S/C16H18N4O3S/c1-12-10-13(23-17-12)11-19-6-8-20(9-7-19)16-14-4-2-3-5-15(14)24(21,22)18-16/h2-5,10H,6-9,11H2,1H3. The Morgan fingerprint density at radius 1 is 1.17 bits per heavy atom. The Hall–Kier alpha value is -2.19. The van der Waals surface area contributed by atoms with Crippen molar-refractivity contribution in [2.45, 2.75) is 18.4 Å². The number of hydrogen-bond acceptors (Lipinski definition) is 6. The van der Waals surface area contributed by atoms with Crippen molar-refractivity contribution in [2.75, 3.05) is 26.2 Å². The van der Waals surface area contributed by atoms with Gasteiger partial charge in [0, 0.05) is 37.8 Å². The molecule has 0 bridgehead atoms. The van der Waals surface area contributed by atoms with E-state index in [0.29, 0.717) is 16.3 Å². The van der Waals surface area contributed by atoms with E-state index < -0.39 is 10.0 Å². The molecule has 0 N–H and O–H groups in total. The Morgan fingerprint density at radius 3 is 2.62 bits per heavy atom. The van der Waals surface area contributed by atoms with Crippen LogP contribution in [0.5, 0.6) is 0 Å². The van der Waals surface area contributed by atoms with Gasteiger partial charge in [0.15, 0.2) is 11.6 Å². The van der Waals surface area contributed by atoms with Crippen LogP contribution in [0.1, 0.15) is 17.0 Å². The number of amidine groups is 1. The normalized spacial score (nSPS) is 20.0. The minimum atomic E-state index is -3.55. The van der Waals surface area contributed by atoms with E-state index in [2.05, 4.69) is 14.5 Å². The van der Waals surface area contributed by atoms with Crippen molar-refractivity contribution < 1.29 is 12.9 Å². The molecule has 2 aliphatic heterocycles. The first kappa shape index (κ1) is 15.3. The molecule has 0 unspecified atom stereocenters. The van der Waals surface area contributed by atoms with Crippen LogP contribution >= 0.6 is 0 Å². The van der Waals surface area contributed by atoms with Crippen molar-refractivity contribution in [3.8, 4) is 0 Å². The molecule has 0 saturated carbocycles. The summed E-state index contributed by atoms with van der Waals surface area (Å²) in [4.78, 5) is 4.62. The van der Waals surface area contributed by atoms with Gasteiger partial charge in [0.2, 0.25) is 0 Å². The van der Waals surface area contributed by atoms with E-state index in [0.717, 1.165) is 44.2 Å². The summed E-state index contributed by atoms with van der Waals surface area (Å²) >= 11 is 0. The lowest BCUT2D eigenvalue weighted by molar-refractivity contribution is 0.161. The minimum absolute atomic E-state index is 0.305. The molecule has 8 heteroatoms. The van der Waals surface area contributed by atoms with Gasteiger partial charge in [-0.3, -0.25) is 4.90 Å². The van der Waals surface area contributed by atoms with Crippen LogP contribution in [0.25, 0.3) is 0 Å². The molecule has 2 aromatic rings. The lowest BCUT2D eigenvalue weighted by Crippen LogP contribution is -2.48. The summed E-state index contributed by atoms with van der Waals surface area (Å²) in [5.74, 6) is 1.42. The molecule has 126 valence electrons. The second kappa shape index (κ2) is 5.71. The summed E-state index contributed by atoms with van der Waals surface area (Å²) < 4.78 is 33.6. The highest BCUT2D eigenvalue weighted by Crippen LogP contribution is 2.27. The molecule has 3 heterocycles. The maximum Gasteiger partial charge on any atom is 0.285 e. The van der Waals surface area contributed by atoms with Crippen LogP contribution in [0.2, 0.25) is 0 Å². The summed E-state index contributed by atoms with van der Waals surface area (Å²) in [6.07, 6.45) is 0. The summed E-state index contributed by atoms with van der Waals surface area (Å²) in [5, 5.41) is 3.90. The van der Waals surface area contributed by atoms with Crippen LogP contribution < -0.4 is 0 Å². The number of aryl methyl sites for hydroxylation is 1. The van der Waals surface area contributed by atoms with E-state index in [9.17, 15) is 8.42 Å². The molecule has 0 amide bonds. The average molecular weight is 346 g/mol. The third-order valence-electron chi connectivity index (χ3n) is 4.34. The molecule has 1 saturated heterocycles. The van der Waals surface area contributed by atoms with Gasteiger partial charge in [0.1, 0.15) is 4.90 Å². The number of fused-ring (bicyclic) bond motifs is 1.